The Morgan fingerprint density at radius 3 is 2.32 bits per heavy atom. The summed E-state index contributed by atoms with van der Waals surface area (Å²) in [6, 6.07) is 18.7. The van der Waals surface area contributed by atoms with Gasteiger partial charge in [0.15, 0.2) is 0 Å². The van der Waals surface area contributed by atoms with Crippen LogP contribution in [0.4, 0.5) is 5.69 Å². The number of carbonyl (C=O) groups excluding carboxylic acids is 1. The molecule has 1 heterocycles. The zero-order valence-electron chi connectivity index (χ0n) is 15.6. The van der Waals surface area contributed by atoms with Crippen LogP contribution < -0.4 is 14.8 Å². The molecule has 2 aromatic carbocycles. The summed E-state index contributed by atoms with van der Waals surface area (Å²) in [5.41, 5.74) is 1.85. The number of amides is 1. The Kier molecular flexibility index (Phi) is 7.32. The Morgan fingerprint density at radius 2 is 1.68 bits per heavy atom. The lowest BCUT2D eigenvalue weighted by molar-refractivity contribution is -0.113. The van der Waals surface area contributed by atoms with E-state index in [0.29, 0.717) is 18.1 Å². The highest BCUT2D eigenvalue weighted by Gasteiger charge is 2.04. The third-order valence-electron chi connectivity index (χ3n) is 3.73. The standard InChI is InChI=1S/C22H22N2O3S/c1-2-26-19-9-11-21(12-10-19)27-20-7-5-18(6-8-20)24-22(25)16-28-15-17-4-3-13-23-14-17/h3-14H,2,15-16H2,1H3,(H,24,25). The molecule has 5 nitrogen and oxygen atoms in total. The second-order valence-electron chi connectivity index (χ2n) is 5.93. The van der Waals surface area contributed by atoms with Gasteiger partial charge in [0.2, 0.25) is 5.91 Å². The van der Waals surface area contributed by atoms with Crippen molar-refractivity contribution in [3.05, 3.63) is 78.6 Å². The first-order valence-electron chi connectivity index (χ1n) is 9.00. The minimum absolute atomic E-state index is 0.0333. The van der Waals surface area contributed by atoms with Gasteiger partial charge < -0.3 is 14.8 Å². The zero-order chi connectivity index (χ0) is 19.6. The van der Waals surface area contributed by atoms with Crippen LogP contribution in [-0.2, 0) is 10.5 Å². The van der Waals surface area contributed by atoms with Gasteiger partial charge in [-0.2, -0.15) is 0 Å². The fourth-order valence-corrected chi connectivity index (χ4v) is 3.22. The number of ether oxygens (including phenoxy) is 2. The van der Waals surface area contributed by atoms with E-state index in [2.05, 4.69) is 10.3 Å². The zero-order valence-corrected chi connectivity index (χ0v) is 16.4. The summed E-state index contributed by atoms with van der Waals surface area (Å²) in [6.45, 7) is 2.58. The highest BCUT2D eigenvalue weighted by molar-refractivity contribution is 7.99. The monoisotopic (exact) mass is 394 g/mol. The Hall–Kier alpha value is -2.99. The van der Waals surface area contributed by atoms with E-state index < -0.39 is 0 Å². The molecule has 1 aromatic heterocycles. The lowest BCUT2D eigenvalue weighted by Crippen LogP contribution is -2.14. The third-order valence-corrected chi connectivity index (χ3v) is 4.74. The second-order valence-corrected chi connectivity index (χ2v) is 6.92. The minimum atomic E-state index is -0.0333. The normalized spacial score (nSPS) is 10.3. The molecule has 0 spiro atoms. The van der Waals surface area contributed by atoms with Gasteiger partial charge in [0.25, 0.3) is 0 Å². The van der Waals surface area contributed by atoms with Gasteiger partial charge in [-0.1, -0.05) is 6.07 Å². The van der Waals surface area contributed by atoms with Crippen LogP contribution in [0.15, 0.2) is 73.1 Å². The molecule has 1 N–H and O–H groups in total. The van der Waals surface area contributed by atoms with Crippen molar-refractivity contribution >= 4 is 23.4 Å². The predicted octanol–water partition coefficient (Wildman–Crippen LogP) is 5.14. The third kappa shape index (κ3) is 6.32. The van der Waals surface area contributed by atoms with Crippen molar-refractivity contribution in [2.75, 3.05) is 17.7 Å². The van der Waals surface area contributed by atoms with Gasteiger partial charge in [0, 0.05) is 23.8 Å². The number of hydrogen-bond donors (Lipinski definition) is 1. The van der Waals surface area contributed by atoms with E-state index in [-0.39, 0.29) is 5.91 Å². The number of thioether (sulfide) groups is 1. The van der Waals surface area contributed by atoms with Crippen molar-refractivity contribution in [2.45, 2.75) is 12.7 Å². The van der Waals surface area contributed by atoms with E-state index >= 15 is 0 Å². The van der Waals surface area contributed by atoms with Gasteiger partial charge in [-0.3, -0.25) is 9.78 Å². The van der Waals surface area contributed by atoms with Gasteiger partial charge in [0.05, 0.1) is 12.4 Å². The molecular weight excluding hydrogens is 372 g/mol. The SMILES string of the molecule is CCOc1ccc(Oc2ccc(NC(=O)CSCc3cccnc3)cc2)cc1. The molecule has 0 atom stereocenters. The van der Waals surface area contributed by atoms with Crippen LogP contribution >= 0.6 is 11.8 Å². The van der Waals surface area contributed by atoms with Crippen LogP contribution in [0.1, 0.15) is 12.5 Å². The number of anilines is 1. The van der Waals surface area contributed by atoms with E-state index in [1.807, 2.05) is 73.8 Å². The van der Waals surface area contributed by atoms with Gasteiger partial charge in [-0.15, -0.1) is 11.8 Å². The molecule has 0 aliphatic carbocycles. The Balaban J connectivity index is 1.45. The molecular formula is C22H22N2O3S. The average Bonchev–Trinajstić information content (AvgIpc) is 2.72. The maximum absolute atomic E-state index is 12.1. The van der Waals surface area contributed by atoms with E-state index in [4.69, 9.17) is 9.47 Å². The van der Waals surface area contributed by atoms with Crippen molar-refractivity contribution < 1.29 is 14.3 Å². The van der Waals surface area contributed by atoms with Crippen molar-refractivity contribution in [3.63, 3.8) is 0 Å². The first kappa shape index (κ1) is 19.8. The molecule has 3 rings (SSSR count). The largest absolute Gasteiger partial charge is 0.494 e. The van der Waals surface area contributed by atoms with Gasteiger partial charge in [-0.25, -0.2) is 0 Å². The summed E-state index contributed by atoms with van der Waals surface area (Å²) in [5, 5.41) is 2.89. The maximum Gasteiger partial charge on any atom is 0.234 e. The highest BCUT2D eigenvalue weighted by atomic mass is 32.2. The van der Waals surface area contributed by atoms with Crippen LogP contribution in [0, 0.1) is 0 Å². The molecule has 0 aliphatic heterocycles. The van der Waals surface area contributed by atoms with Crippen LogP contribution in [0.25, 0.3) is 0 Å². The summed E-state index contributed by atoms with van der Waals surface area (Å²) >= 11 is 1.56. The molecule has 0 radical (unpaired) electrons. The first-order chi connectivity index (χ1) is 13.7. The van der Waals surface area contributed by atoms with Crippen molar-refractivity contribution in [3.8, 4) is 17.2 Å². The van der Waals surface area contributed by atoms with Gasteiger partial charge >= 0.3 is 0 Å². The number of nitrogens with zero attached hydrogens (tertiary/aromatic N) is 1. The lowest BCUT2D eigenvalue weighted by Gasteiger charge is -2.09. The topological polar surface area (TPSA) is 60.5 Å². The first-order valence-corrected chi connectivity index (χ1v) is 10.2. The number of rotatable bonds is 9. The molecule has 28 heavy (non-hydrogen) atoms. The van der Waals surface area contributed by atoms with Crippen molar-refractivity contribution in [2.24, 2.45) is 0 Å². The molecule has 144 valence electrons. The number of carbonyl (C=O) groups is 1. The summed E-state index contributed by atoms with van der Waals surface area (Å²) in [7, 11) is 0. The number of benzene rings is 2. The minimum Gasteiger partial charge on any atom is -0.494 e. The van der Waals surface area contributed by atoms with E-state index in [1.165, 1.54) is 0 Å². The predicted molar refractivity (Wildman–Crippen MR) is 113 cm³/mol. The van der Waals surface area contributed by atoms with Crippen molar-refractivity contribution in [1.82, 2.24) is 4.98 Å². The highest BCUT2D eigenvalue weighted by Crippen LogP contribution is 2.25. The Labute approximate surface area is 169 Å². The van der Waals surface area contributed by atoms with E-state index in [9.17, 15) is 4.79 Å². The number of pyridine rings is 1. The lowest BCUT2D eigenvalue weighted by atomic mass is 10.3. The number of nitrogens with one attached hydrogen (secondary N) is 1. The summed E-state index contributed by atoms with van der Waals surface area (Å²) < 4.78 is 11.2. The molecule has 0 unspecified atom stereocenters. The van der Waals surface area contributed by atoms with Crippen LogP contribution in [0.5, 0.6) is 17.2 Å². The van der Waals surface area contributed by atoms with E-state index in [1.54, 1.807) is 18.0 Å². The smallest absolute Gasteiger partial charge is 0.234 e. The quantitative estimate of drug-likeness (QED) is 0.544. The summed E-state index contributed by atoms with van der Waals surface area (Å²) in [6.07, 6.45) is 3.55. The van der Waals surface area contributed by atoms with Crippen LogP contribution in [0.3, 0.4) is 0 Å². The number of hydrogen-bond acceptors (Lipinski definition) is 5. The molecule has 1 amide bonds. The molecule has 0 saturated heterocycles. The molecule has 0 bridgehead atoms. The number of aromatic nitrogens is 1. The maximum atomic E-state index is 12.1. The fraction of sp³-hybridized carbons (Fsp3) is 0.182. The van der Waals surface area contributed by atoms with Crippen molar-refractivity contribution in [1.29, 1.82) is 0 Å². The average molecular weight is 394 g/mol. The van der Waals surface area contributed by atoms with Crippen LogP contribution in [-0.4, -0.2) is 23.3 Å². The van der Waals surface area contributed by atoms with Gasteiger partial charge in [-0.05, 0) is 67.1 Å². The molecule has 0 saturated carbocycles. The van der Waals surface area contributed by atoms with Crippen LogP contribution in [0.2, 0.25) is 0 Å². The summed E-state index contributed by atoms with van der Waals surface area (Å²) in [5.74, 6) is 3.36. The Morgan fingerprint density at radius 1 is 1.00 bits per heavy atom. The summed E-state index contributed by atoms with van der Waals surface area (Å²) in [4.78, 5) is 16.1. The van der Waals surface area contributed by atoms with E-state index in [0.717, 1.165) is 28.5 Å². The molecule has 3 aromatic rings. The second kappa shape index (κ2) is 10.4. The molecule has 0 aliphatic rings. The molecule has 6 heteroatoms. The molecule has 0 fully saturated rings. The van der Waals surface area contributed by atoms with Gasteiger partial charge in [0.1, 0.15) is 17.2 Å². The Bertz CT molecular complexity index is 869. The fourth-order valence-electron chi connectivity index (χ4n) is 2.46.